The van der Waals surface area contributed by atoms with Crippen LogP contribution in [-0.2, 0) is 0 Å². The van der Waals surface area contributed by atoms with Crippen LogP contribution in [0.2, 0.25) is 0 Å². The molecule has 0 saturated carbocycles. The van der Waals surface area contributed by atoms with Gasteiger partial charge in [0.2, 0.25) is 0 Å². The third-order valence-corrected chi connectivity index (χ3v) is 3.17. The van der Waals surface area contributed by atoms with E-state index in [0.29, 0.717) is 11.0 Å². The van der Waals surface area contributed by atoms with Crippen LogP contribution in [0.25, 0.3) is 0 Å². The minimum Gasteiger partial charge on any atom is -0.491 e. The molecular weight excluding hydrogens is 232 g/mol. The molecule has 17 heavy (non-hydrogen) atoms. The van der Waals surface area contributed by atoms with Crippen molar-refractivity contribution >= 4 is 22.9 Å². The number of hydrogen-bond donors (Lipinski definition) is 1. The largest absolute Gasteiger partial charge is 0.491 e. The molecule has 2 rings (SSSR count). The third-order valence-electron chi connectivity index (χ3n) is 3.00. The van der Waals surface area contributed by atoms with Crippen molar-refractivity contribution in [3.8, 4) is 5.75 Å². The monoisotopic (exact) mass is 250 g/mol. The van der Waals surface area contributed by atoms with E-state index in [1.54, 1.807) is 0 Å². The first-order chi connectivity index (χ1) is 8.18. The number of fused-ring (bicyclic) bond motifs is 1. The Kier molecular flexibility index (Phi) is 3.84. The van der Waals surface area contributed by atoms with E-state index in [4.69, 9.17) is 22.7 Å². The Bertz CT molecular complexity index is 408. The summed E-state index contributed by atoms with van der Waals surface area (Å²) in [5.74, 6) is 0.958. The van der Waals surface area contributed by atoms with E-state index in [2.05, 4.69) is 17.9 Å². The predicted octanol–water partition coefficient (Wildman–Crippen LogP) is 2.34. The van der Waals surface area contributed by atoms with Gasteiger partial charge in [-0.25, -0.2) is 0 Å². The van der Waals surface area contributed by atoms with Gasteiger partial charge in [0.15, 0.2) is 0 Å². The van der Waals surface area contributed by atoms with Crippen molar-refractivity contribution in [2.75, 3.05) is 18.1 Å². The molecule has 0 aliphatic carbocycles. The van der Waals surface area contributed by atoms with E-state index in [1.165, 1.54) is 0 Å². The molecule has 1 aromatic rings. The van der Waals surface area contributed by atoms with E-state index < -0.39 is 0 Å². The van der Waals surface area contributed by atoms with Gasteiger partial charge in [0.25, 0.3) is 0 Å². The molecule has 1 atom stereocenters. The highest BCUT2D eigenvalue weighted by Gasteiger charge is 2.20. The summed E-state index contributed by atoms with van der Waals surface area (Å²) in [5, 5.41) is 0. The lowest BCUT2D eigenvalue weighted by Crippen LogP contribution is -2.36. The van der Waals surface area contributed by atoms with Crippen LogP contribution in [0.15, 0.2) is 24.3 Å². The van der Waals surface area contributed by atoms with Crippen LogP contribution in [0.4, 0.5) is 5.69 Å². The van der Waals surface area contributed by atoms with Crippen LogP contribution in [0.1, 0.15) is 19.8 Å². The molecule has 1 unspecified atom stereocenters. The van der Waals surface area contributed by atoms with Crippen molar-refractivity contribution in [1.82, 2.24) is 0 Å². The van der Waals surface area contributed by atoms with E-state index in [1.807, 2.05) is 18.2 Å². The number of nitrogens with zero attached hydrogens (tertiary/aromatic N) is 1. The Morgan fingerprint density at radius 1 is 1.53 bits per heavy atom. The lowest BCUT2D eigenvalue weighted by molar-refractivity contribution is 0.322. The van der Waals surface area contributed by atoms with Gasteiger partial charge in [0.05, 0.1) is 17.3 Å². The van der Waals surface area contributed by atoms with Crippen molar-refractivity contribution in [2.45, 2.75) is 25.8 Å². The molecule has 0 radical (unpaired) electrons. The summed E-state index contributed by atoms with van der Waals surface area (Å²) in [6, 6.07) is 8.46. The number of para-hydroxylation sites is 2. The van der Waals surface area contributed by atoms with Crippen LogP contribution in [0.5, 0.6) is 5.75 Å². The molecule has 0 fully saturated rings. The number of nitrogens with two attached hydrogens (primary N) is 1. The molecule has 0 bridgehead atoms. The number of rotatable bonds is 3. The fraction of sp³-hybridized carbons (Fsp3) is 0.462. The van der Waals surface area contributed by atoms with Crippen LogP contribution in [0, 0.1) is 0 Å². The van der Waals surface area contributed by atoms with Gasteiger partial charge in [0.1, 0.15) is 5.75 Å². The molecular formula is C13H18N2OS. The summed E-state index contributed by atoms with van der Waals surface area (Å²) in [5.41, 5.74) is 6.78. The first kappa shape index (κ1) is 12.2. The Morgan fingerprint density at radius 2 is 2.29 bits per heavy atom. The standard InChI is InChI=1S/C13H18N2OS/c1-10(9-13(14)17)15-7-4-8-16-12-6-3-2-5-11(12)15/h2-3,5-6,10H,4,7-9H2,1H3,(H2,14,17). The van der Waals surface area contributed by atoms with Crippen molar-refractivity contribution in [2.24, 2.45) is 5.73 Å². The molecule has 1 aromatic carbocycles. The molecule has 0 amide bonds. The lowest BCUT2D eigenvalue weighted by Gasteiger charge is -2.30. The quantitative estimate of drug-likeness (QED) is 0.836. The third kappa shape index (κ3) is 2.88. The predicted molar refractivity (Wildman–Crippen MR) is 74.8 cm³/mol. The summed E-state index contributed by atoms with van der Waals surface area (Å²) in [7, 11) is 0. The highest BCUT2D eigenvalue weighted by atomic mass is 32.1. The van der Waals surface area contributed by atoms with Crippen LogP contribution < -0.4 is 15.4 Å². The first-order valence-corrected chi connectivity index (χ1v) is 6.36. The van der Waals surface area contributed by atoms with Gasteiger partial charge in [0, 0.05) is 19.0 Å². The Labute approximate surface area is 108 Å². The average molecular weight is 250 g/mol. The summed E-state index contributed by atoms with van der Waals surface area (Å²) in [6.07, 6.45) is 1.76. The Morgan fingerprint density at radius 3 is 3.06 bits per heavy atom. The number of thiocarbonyl (C=S) groups is 1. The van der Waals surface area contributed by atoms with Crippen LogP contribution in [-0.4, -0.2) is 24.2 Å². The van der Waals surface area contributed by atoms with Gasteiger partial charge in [-0.1, -0.05) is 24.4 Å². The van der Waals surface area contributed by atoms with Crippen molar-refractivity contribution in [3.05, 3.63) is 24.3 Å². The zero-order valence-electron chi connectivity index (χ0n) is 10.1. The highest BCUT2D eigenvalue weighted by Crippen LogP contribution is 2.32. The van der Waals surface area contributed by atoms with Crippen LogP contribution in [0.3, 0.4) is 0 Å². The number of benzene rings is 1. The van der Waals surface area contributed by atoms with E-state index >= 15 is 0 Å². The summed E-state index contributed by atoms with van der Waals surface area (Å²) >= 11 is 4.99. The number of anilines is 1. The lowest BCUT2D eigenvalue weighted by atomic mass is 10.1. The molecule has 4 heteroatoms. The molecule has 1 aliphatic heterocycles. The molecule has 0 spiro atoms. The van der Waals surface area contributed by atoms with Gasteiger partial charge < -0.3 is 15.4 Å². The van der Waals surface area contributed by atoms with Crippen molar-refractivity contribution in [3.63, 3.8) is 0 Å². The fourth-order valence-electron chi connectivity index (χ4n) is 2.21. The van der Waals surface area contributed by atoms with Crippen molar-refractivity contribution in [1.29, 1.82) is 0 Å². The molecule has 3 nitrogen and oxygen atoms in total. The maximum atomic E-state index is 5.73. The second-order valence-corrected chi connectivity index (χ2v) is 4.91. The van der Waals surface area contributed by atoms with Gasteiger partial charge in [-0.3, -0.25) is 0 Å². The summed E-state index contributed by atoms with van der Waals surface area (Å²) < 4.78 is 5.73. The molecule has 0 saturated heterocycles. The van der Waals surface area contributed by atoms with E-state index in [0.717, 1.165) is 37.4 Å². The molecule has 2 N–H and O–H groups in total. The molecule has 0 aromatic heterocycles. The van der Waals surface area contributed by atoms with Gasteiger partial charge in [-0.2, -0.15) is 0 Å². The minimum atomic E-state index is 0.315. The van der Waals surface area contributed by atoms with E-state index in [-0.39, 0.29) is 0 Å². The molecule has 1 aliphatic rings. The average Bonchev–Trinajstić information content (AvgIpc) is 2.50. The van der Waals surface area contributed by atoms with Gasteiger partial charge in [-0.15, -0.1) is 0 Å². The Balaban J connectivity index is 2.25. The highest BCUT2D eigenvalue weighted by molar-refractivity contribution is 7.80. The Hall–Kier alpha value is -1.29. The topological polar surface area (TPSA) is 38.5 Å². The summed E-state index contributed by atoms with van der Waals surface area (Å²) in [6.45, 7) is 3.91. The maximum Gasteiger partial charge on any atom is 0.142 e. The SMILES string of the molecule is CC(CC(N)=S)N1CCCOc2ccccc21. The second-order valence-electron chi connectivity index (χ2n) is 4.38. The summed E-state index contributed by atoms with van der Waals surface area (Å²) in [4.78, 5) is 2.90. The zero-order chi connectivity index (χ0) is 12.3. The molecule has 1 heterocycles. The maximum absolute atomic E-state index is 5.73. The normalized spacial score (nSPS) is 16.6. The zero-order valence-corrected chi connectivity index (χ0v) is 10.9. The van der Waals surface area contributed by atoms with Gasteiger partial charge in [-0.05, 0) is 25.5 Å². The fourth-order valence-corrected chi connectivity index (χ4v) is 2.45. The number of ether oxygens (including phenoxy) is 1. The second kappa shape index (κ2) is 5.36. The van der Waals surface area contributed by atoms with Gasteiger partial charge >= 0.3 is 0 Å². The van der Waals surface area contributed by atoms with Crippen molar-refractivity contribution < 1.29 is 4.74 Å². The molecule has 92 valence electrons. The van der Waals surface area contributed by atoms with Crippen LogP contribution >= 0.6 is 12.2 Å². The number of hydrogen-bond acceptors (Lipinski definition) is 3. The first-order valence-electron chi connectivity index (χ1n) is 5.95. The smallest absolute Gasteiger partial charge is 0.142 e. The van der Waals surface area contributed by atoms with E-state index in [9.17, 15) is 0 Å². The minimum absolute atomic E-state index is 0.315.